The first-order chi connectivity index (χ1) is 23.5. The molecule has 0 amide bonds. The predicted octanol–water partition coefficient (Wildman–Crippen LogP) is 5.01. The molecule has 0 aliphatic carbocycles. The summed E-state index contributed by atoms with van der Waals surface area (Å²) in [5, 5.41) is 36.5. The molecule has 0 bridgehead atoms. The van der Waals surface area contributed by atoms with Crippen LogP contribution < -0.4 is 5.73 Å². The highest BCUT2D eigenvalue weighted by Gasteiger charge is 2.25. The number of benzene rings is 5. The zero-order chi connectivity index (χ0) is 37.8. The van der Waals surface area contributed by atoms with E-state index in [2.05, 4.69) is 20.5 Å². The standard InChI is InChI=1S/C26H18N6O15S4/c27-18-11-16-12(7-22(18)49(39,40)41)8-24(51(45,46)47)25(26(16)33)31-29-20-6-5-19(15-3-2-14(10-17(15)20)48(36,37)38)28-30-21-4-1-13(32(34)35)9-23(21)50(42,43)44/h1-11,33H,27H2,(H,36,37,38)(H,39,40,41)(H,42,43,44)(H,45,46,47). The summed E-state index contributed by atoms with van der Waals surface area (Å²) in [7, 11) is -20.1. The SMILES string of the molecule is Nc1cc2c(O)c(N=Nc3ccc(N=Nc4ccc([N+](=O)[O-])cc4S(=O)(=O)O)c4ccc(S(=O)(=O)O)cc34)c(S(=O)(=O)O)cc2cc1S(=O)(=O)O. The molecule has 0 saturated heterocycles. The molecule has 0 aliphatic rings. The van der Waals surface area contributed by atoms with Crippen molar-refractivity contribution in [2.75, 3.05) is 5.73 Å². The van der Waals surface area contributed by atoms with Crippen molar-refractivity contribution in [2.24, 2.45) is 20.5 Å². The van der Waals surface area contributed by atoms with Crippen LogP contribution in [0.1, 0.15) is 0 Å². The van der Waals surface area contributed by atoms with Gasteiger partial charge >= 0.3 is 0 Å². The van der Waals surface area contributed by atoms with Crippen molar-refractivity contribution in [1.29, 1.82) is 0 Å². The van der Waals surface area contributed by atoms with Gasteiger partial charge in [-0.3, -0.25) is 28.3 Å². The van der Waals surface area contributed by atoms with Crippen LogP contribution in [-0.4, -0.2) is 61.9 Å². The number of nitro benzene ring substituents is 1. The molecule has 5 aromatic carbocycles. The number of hydrogen-bond donors (Lipinski definition) is 6. The van der Waals surface area contributed by atoms with E-state index in [1.54, 1.807) is 0 Å². The molecule has 0 heterocycles. The molecule has 0 radical (unpaired) electrons. The number of aromatic hydroxyl groups is 1. The second kappa shape index (κ2) is 12.7. The van der Waals surface area contributed by atoms with E-state index in [1.807, 2.05) is 0 Å². The zero-order valence-electron chi connectivity index (χ0n) is 24.6. The summed E-state index contributed by atoms with van der Waals surface area (Å²) in [4.78, 5) is 6.60. The molecule has 0 atom stereocenters. The highest BCUT2D eigenvalue weighted by molar-refractivity contribution is 7.86. The first-order valence-corrected chi connectivity index (χ1v) is 18.9. The van der Waals surface area contributed by atoms with Crippen LogP contribution in [0.5, 0.6) is 5.75 Å². The van der Waals surface area contributed by atoms with Gasteiger partial charge in [0.25, 0.3) is 46.2 Å². The Balaban J connectivity index is 1.72. The average molecular weight is 783 g/mol. The Morgan fingerprint density at radius 3 is 1.67 bits per heavy atom. The van der Waals surface area contributed by atoms with Crippen molar-refractivity contribution in [2.45, 2.75) is 19.6 Å². The van der Waals surface area contributed by atoms with Gasteiger partial charge in [0.15, 0.2) is 5.75 Å². The van der Waals surface area contributed by atoms with Gasteiger partial charge in [0.2, 0.25) is 0 Å². The van der Waals surface area contributed by atoms with Gasteiger partial charge in [-0.05, 0) is 53.9 Å². The molecule has 5 aromatic rings. The van der Waals surface area contributed by atoms with E-state index in [4.69, 9.17) is 5.73 Å². The molecule has 0 saturated carbocycles. The van der Waals surface area contributed by atoms with Crippen LogP contribution in [-0.2, 0) is 40.5 Å². The number of nitro groups is 1. The fourth-order valence-corrected chi connectivity index (χ4v) is 7.10. The number of hydrogen-bond acceptors (Lipinski definition) is 16. The normalized spacial score (nSPS) is 13.1. The Bertz CT molecular complexity index is 2860. The number of nitrogens with two attached hydrogens (primary N) is 1. The van der Waals surface area contributed by atoms with Gasteiger partial charge in [-0.2, -0.15) is 33.7 Å². The first kappa shape index (κ1) is 36.7. The van der Waals surface area contributed by atoms with Crippen LogP contribution in [0.4, 0.5) is 34.1 Å². The maximum Gasteiger partial charge on any atom is 0.297 e. The quantitative estimate of drug-likeness (QED) is 0.0376. The van der Waals surface area contributed by atoms with Gasteiger partial charge in [-0.25, -0.2) is 0 Å². The molecule has 0 fully saturated rings. The molecule has 266 valence electrons. The smallest absolute Gasteiger partial charge is 0.297 e. The molecular weight excluding hydrogens is 765 g/mol. The molecule has 0 unspecified atom stereocenters. The summed E-state index contributed by atoms with van der Waals surface area (Å²) < 4.78 is 134. The van der Waals surface area contributed by atoms with Gasteiger partial charge < -0.3 is 10.8 Å². The number of fused-ring (bicyclic) bond motifs is 2. The Morgan fingerprint density at radius 1 is 0.569 bits per heavy atom. The van der Waals surface area contributed by atoms with Gasteiger partial charge in [0, 0.05) is 28.3 Å². The highest BCUT2D eigenvalue weighted by atomic mass is 32.2. The molecule has 0 spiro atoms. The Kier molecular flexibility index (Phi) is 9.11. The van der Waals surface area contributed by atoms with Crippen molar-refractivity contribution in [3.63, 3.8) is 0 Å². The summed E-state index contributed by atoms with van der Waals surface area (Å²) in [5.74, 6) is -0.983. The second-order valence-electron chi connectivity index (χ2n) is 10.2. The van der Waals surface area contributed by atoms with E-state index in [0.29, 0.717) is 12.1 Å². The van der Waals surface area contributed by atoms with Crippen LogP contribution in [0.3, 0.4) is 0 Å². The summed E-state index contributed by atoms with van der Waals surface area (Å²) in [6.07, 6.45) is 0. The molecule has 21 nitrogen and oxygen atoms in total. The van der Waals surface area contributed by atoms with E-state index in [9.17, 15) is 67.1 Å². The lowest BCUT2D eigenvalue weighted by molar-refractivity contribution is -0.385. The third-order valence-corrected chi connectivity index (χ3v) is 10.4. The maximum atomic E-state index is 12.3. The van der Waals surface area contributed by atoms with E-state index < -0.39 is 93.5 Å². The Morgan fingerprint density at radius 2 is 1.10 bits per heavy atom. The first-order valence-electron chi connectivity index (χ1n) is 13.1. The number of azo groups is 2. The number of nitrogen functional groups attached to an aromatic ring is 1. The topological polar surface area (TPSA) is 356 Å². The Labute approximate surface area is 285 Å². The average Bonchev–Trinajstić information content (AvgIpc) is 3.01. The van der Waals surface area contributed by atoms with Crippen molar-refractivity contribution < 1.29 is 61.9 Å². The van der Waals surface area contributed by atoms with Crippen molar-refractivity contribution >= 4 is 96.1 Å². The number of nitrogens with zero attached hydrogens (tertiary/aromatic N) is 5. The Hall–Kier alpha value is -5.54. The number of non-ortho nitro benzene ring substituents is 1. The van der Waals surface area contributed by atoms with Crippen LogP contribution in [0.25, 0.3) is 21.5 Å². The van der Waals surface area contributed by atoms with E-state index in [1.165, 1.54) is 6.07 Å². The molecule has 5 rings (SSSR count). The van der Waals surface area contributed by atoms with Crippen LogP contribution >= 0.6 is 0 Å². The number of anilines is 1. The largest absolute Gasteiger partial charge is 0.505 e. The predicted molar refractivity (Wildman–Crippen MR) is 175 cm³/mol. The second-order valence-corrected chi connectivity index (χ2v) is 15.8. The molecule has 25 heteroatoms. The lowest BCUT2D eigenvalue weighted by Crippen LogP contribution is -2.04. The third kappa shape index (κ3) is 7.49. The fraction of sp³-hybridized carbons (Fsp3) is 0. The zero-order valence-corrected chi connectivity index (χ0v) is 27.9. The maximum absolute atomic E-state index is 12.3. The number of rotatable bonds is 9. The minimum absolute atomic E-state index is 0.0128. The molecule has 0 aliphatic heterocycles. The van der Waals surface area contributed by atoms with Crippen molar-refractivity contribution in [3.05, 3.63) is 76.8 Å². The molecule has 0 aromatic heterocycles. The molecule has 51 heavy (non-hydrogen) atoms. The highest BCUT2D eigenvalue weighted by Crippen LogP contribution is 2.44. The van der Waals surface area contributed by atoms with Gasteiger partial charge in [-0.1, -0.05) is 6.07 Å². The summed E-state index contributed by atoms with van der Waals surface area (Å²) in [6, 6.07) is 9.80. The van der Waals surface area contributed by atoms with E-state index in [0.717, 1.165) is 48.5 Å². The molecular formula is C26H18N6O15S4. The van der Waals surface area contributed by atoms with Crippen LogP contribution in [0, 0.1) is 10.1 Å². The minimum Gasteiger partial charge on any atom is -0.505 e. The van der Waals surface area contributed by atoms with Crippen molar-refractivity contribution in [1.82, 2.24) is 0 Å². The molecule has 7 N–H and O–H groups in total. The van der Waals surface area contributed by atoms with Crippen LogP contribution in [0.2, 0.25) is 0 Å². The van der Waals surface area contributed by atoms with Gasteiger partial charge in [0.05, 0.1) is 26.9 Å². The van der Waals surface area contributed by atoms with E-state index in [-0.39, 0.29) is 32.9 Å². The third-order valence-electron chi connectivity index (χ3n) is 6.93. The monoisotopic (exact) mass is 782 g/mol. The summed E-state index contributed by atoms with van der Waals surface area (Å²) >= 11 is 0. The lowest BCUT2D eigenvalue weighted by Gasteiger charge is -2.11. The number of phenols is 1. The summed E-state index contributed by atoms with van der Waals surface area (Å²) in [6.45, 7) is 0. The fourth-order valence-electron chi connectivity index (χ4n) is 4.66. The number of phenolic OH excluding ortho intramolecular Hbond substituents is 1. The van der Waals surface area contributed by atoms with Crippen molar-refractivity contribution in [3.8, 4) is 5.75 Å². The van der Waals surface area contributed by atoms with Gasteiger partial charge in [0.1, 0.15) is 26.1 Å². The lowest BCUT2D eigenvalue weighted by atomic mass is 10.1. The minimum atomic E-state index is -5.24. The summed E-state index contributed by atoms with van der Waals surface area (Å²) in [5.41, 5.74) is 2.57. The van der Waals surface area contributed by atoms with Gasteiger partial charge in [-0.15, -0.1) is 20.5 Å². The van der Waals surface area contributed by atoms with Crippen LogP contribution in [0.15, 0.2) is 107 Å². The van der Waals surface area contributed by atoms with E-state index >= 15 is 0 Å².